The average molecular weight is 222 g/mol. The highest BCUT2D eigenvalue weighted by molar-refractivity contribution is 7.15. The molecule has 4 nitrogen and oxygen atoms in total. The molecule has 2 aromatic rings. The largest absolute Gasteiger partial charge is 0.476 e. The van der Waals surface area contributed by atoms with Crippen LogP contribution in [0.25, 0.3) is 4.96 Å². The van der Waals surface area contributed by atoms with E-state index in [1.54, 1.807) is 4.40 Å². The van der Waals surface area contributed by atoms with Gasteiger partial charge in [0.05, 0.1) is 6.61 Å². The molecule has 15 heavy (non-hydrogen) atoms. The maximum absolute atomic E-state index is 10.9. The molecule has 1 aliphatic carbocycles. The Labute approximate surface area is 90.5 Å². The number of aldehydes is 1. The number of fused-ring (bicyclic) bond motifs is 1. The normalized spacial score (nSPS) is 15.7. The van der Waals surface area contributed by atoms with Crippen molar-refractivity contribution in [2.75, 3.05) is 6.61 Å². The van der Waals surface area contributed by atoms with Gasteiger partial charge in [-0.25, -0.2) is 0 Å². The second-order valence-corrected chi connectivity index (χ2v) is 4.60. The second kappa shape index (κ2) is 3.34. The number of rotatable bonds is 4. The van der Waals surface area contributed by atoms with Crippen LogP contribution in [0.3, 0.4) is 0 Å². The van der Waals surface area contributed by atoms with E-state index in [1.165, 1.54) is 24.2 Å². The molecule has 0 unspecified atom stereocenters. The summed E-state index contributed by atoms with van der Waals surface area (Å²) >= 11 is 1.50. The van der Waals surface area contributed by atoms with Crippen LogP contribution in [0.4, 0.5) is 0 Å². The minimum atomic E-state index is 0.476. The first-order chi connectivity index (χ1) is 7.38. The zero-order chi connectivity index (χ0) is 10.3. The zero-order valence-electron chi connectivity index (χ0n) is 8.05. The SMILES string of the molecule is O=Cc1c(OCC2CC2)nc2sccn12. The van der Waals surface area contributed by atoms with Gasteiger partial charge in [0.25, 0.3) is 0 Å². The Bertz CT molecular complexity index is 498. The number of thiazole rings is 1. The lowest BCUT2D eigenvalue weighted by atomic mass is 10.4. The topological polar surface area (TPSA) is 43.6 Å². The van der Waals surface area contributed by atoms with Crippen molar-refractivity contribution in [1.29, 1.82) is 0 Å². The molecule has 0 radical (unpaired) electrons. The molecule has 0 spiro atoms. The van der Waals surface area contributed by atoms with Crippen molar-refractivity contribution in [3.63, 3.8) is 0 Å². The van der Waals surface area contributed by atoms with Gasteiger partial charge in [-0.05, 0) is 18.8 Å². The highest BCUT2D eigenvalue weighted by atomic mass is 32.1. The third-order valence-corrected chi connectivity index (χ3v) is 3.29. The maximum atomic E-state index is 10.9. The van der Waals surface area contributed by atoms with Crippen LogP contribution in [-0.4, -0.2) is 22.3 Å². The summed E-state index contributed by atoms with van der Waals surface area (Å²) in [5, 5.41) is 1.90. The van der Waals surface area contributed by atoms with Gasteiger partial charge in [0.15, 0.2) is 16.9 Å². The summed E-state index contributed by atoms with van der Waals surface area (Å²) < 4.78 is 7.30. The van der Waals surface area contributed by atoms with E-state index in [1.807, 2.05) is 11.6 Å². The number of ether oxygens (including phenoxy) is 1. The van der Waals surface area contributed by atoms with Crippen LogP contribution in [0.15, 0.2) is 11.6 Å². The number of carbonyl (C=O) groups excluding carboxylic acids is 1. The average Bonchev–Trinajstić information content (AvgIpc) is 2.85. The van der Waals surface area contributed by atoms with E-state index < -0.39 is 0 Å². The molecule has 0 saturated heterocycles. The fraction of sp³-hybridized carbons (Fsp3) is 0.400. The summed E-state index contributed by atoms with van der Waals surface area (Å²) in [7, 11) is 0. The van der Waals surface area contributed by atoms with Crippen molar-refractivity contribution in [1.82, 2.24) is 9.38 Å². The van der Waals surface area contributed by atoms with E-state index in [0.29, 0.717) is 24.1 Å². The number of nitrogens with zero attached hydrogens (tertiary/aromatic N) is 2. The summed E-state index contributed by atoms with van der Waals surface area (Å²) in [5.74, 6) is 1.15. The van der Waals surface area contributed by atoms with Crippen molar-refractivity contribution in [2.24, 2.45) is 5.92 Å². The lowest BCUT2D eigenvalue weighted by Gasteiger charge is -2.00. The molecule has 0 bridgehead atoms. The molecule has 0 N–H and O–H groups in total. The quantitative estimate of drug-likeness (QED) is 0.743. The number of carbonyl (C=O) groups is 1. The Morgan fingerprint density at radius 1 is 1.67 bits per heavy atom. The Balaban J connectivity index is 1.92. The molecule has 0 atom stereocenters. The van der Waals surface area contributed by atoms with E-state index in [4.69, 9.17) is 4.74 Å². The molecule has 1 saturated carbocycles. The fourth-order valence-electron chi connectivity index (χ4n) is 1.48. The van der Waals surface area contributed by atoms with E-state index in [2.05, 4.69) is 4.98 Å². The molecule has 0 aromatic carbocycles. The van der Waals surface area contributed by atoms with E-state index in [0.717, 1.165) is 11.2 Å². The molecule has 0 aliphatic heterocycles. The van der Waals surface area contributed by atoms with Gasteiger partial charge >= 0.3 is 0 Å². The highest BCUT2D eigenvalue weighted by Gasteiger charge is 2.23. The lowest BCUT2D eigenvalue weighted by molar-refractivity contribution is 0.111. The van der Waals surface area contributed by atoms with Crippen LogP contribution in [0.5, 0.6) is 5.88 Å². The summed E-state index contributed by atoms with van der Waals surface area (Å²) in [6.45, 7) is 0.686. The number of hydrogen-bond acceptors (Lipinski definition) is 4. The number of hydrogen-bond donors (Lipinski definition) is 0. The van der Waals surface area contributed by atoms with Crippen LogP contribution in [0, 0.1) is 5.92 Å². The lowest BCUT2D eigenvalue weighted by Crippen LogP contribution is -2.01. The summed E-state index contributed by atoms with van der Waals surface area (Å²) in [5.41, 5.74) is 0.520. The zero-order valence-corrected chi connectivity index (χ0v) is 8.87. The molecule has 5 heteroatoms. The van der Waals surface area contributed by atoms with E-state index in [9.17, 15) is 4.79 Å². The second-order valence-electron chi connectivity index (χ2n) is 3.73. The maximum Gasteiger partial charge on any atom is 0.244 e. The molecule has 3 rings (SSSR count). The van der Waals surface area contributed by atoms with Crippen LogP contribution < -0.4 is 4.74 Å². The summed E-state index contributed by atoms with van der Waals surface area (Å²) in [6, 6.07) is 0. The monoisotopic (exact) mass is 222 g/mol. The number of imidazole rings is 1. The molecular formula is C10H10N2O2S. The Morgan fingerprint density at radius 2 is 2.53 bits per heavy atom. The van der Waals surface area contributed by atoms with Crippen molar-refractivity contribution in [2.45, 2.75) is 12.8 Å². The molecule has 1 fully saturated rings. The van der Waals surface area contributed by atoms with Gasteiger partial charge < -0.3 is 4.74 Å². The summed E-state index contributed by atoms with van der Waals surface area (Å²) in [6.07, 6.45) is 5.10. The van der Waals surface area contributed by atoms with Gasteiger partial charge in [-0.2, -0.15) is 4.98 Å². The Morgan fingerprint density at radius 3 is 3.27 bits per heavy atom. The standard InChI is InChI=1S/C10H10N2O2S/c13-5-8-9(14-6-7-1-2-7)11-10-12(8)3-4-15-10/h3-5,7H,1-2,6H2. The van der Waals surface area contributed by atoms with Gasteiger partial charge in [0, 0.05) is 11.6 Å². The smallest absolute Gasteiger partial charge is 0.244 e. The third-order valence-electron chi connectivity index (χ3n) is 2.53. The third kappa shape index (κ3) is 1.52. The van der Waals surface area contributed by atoms with Crippen molar-refractivity contribution in [3.05, 3.63) is 17.3 Å². The van der Waals surface area contributed by atoms with Crippen LogP contribution in [0.1, 0.15) is 23.3 Å². The van der Waals surface area contributed by atoms with Gasteiger partial charge in [-0.15, -0.1) is 11.3 Å². The highest BCUT2D eigenvalue weighted by Crippen LogP contribution is 2.30. The van der Waals surface area contributed by atoms with Crippen molar-refractivity contribution < 1.29 is 9.53 Å². The molecular weight excluding hydrogens is 212 g/mol. The predicted molar refractivity (Wildman–Crippen MR) is 56.7 cm³/mol. The minimum absolute atomic E-state index is 0.476. The van der Waals surface area contributed by atoms with E-state index in [-0.39, 0.29) is 0 Å². The minimum Gasteiger partial charge on any atom is -0.476 e. The Kier molecular flexibility index (Phi) is 1.98. The van der Waals surface area contributed by atoms with Crippen molar-refractivity contribution in [3.8, 4) is 5.88 Å². The van der Waals surface area contributed by atoms with Gasteiger partial charge in [-0.1, -0.05) is 0 Å². The predicted octanol–water partition coefficient (Wildman–Crippen LogP) is 2.00. The fourth-order valence-corrected chi connectivity index (χ4v) is 2.19. The van der Waals surface area contributed by atoms with Crippen LogP contribution >= 0.6 is 11.3 Å². The molecule has 2 heterocycles. The molecule has 0 amide bonds. The first-order valence-corrected chi connectivity index (χ1v) is 5.80. The molecule has 78 valence electrons. The Hall–Kier alpha value is -1.36. The first kappa shape index (κ1) is 8.91. The number of aromatic nitrogens is 2. The van der Waals surface area contributed by atoms with Gasteiger partial charge in [0.1, 0.15) is 0 Å². The first-order valence-electron chi connectivity index (χ1n) is 4.92. The summed E-state index contributed by atoms with van der Waals surface area (Å²) in [4.78, 5) is 16.0. The molecule has 2 aromatic heterocycles. The van der Waals surface area contributed by atoms with E-state index >= 15 is 0 Å². The van der Waals surface area contributed by atoms with Gasteiger partial charge in [0.2, 0.25) is 5.88 Å². The van der Waals surface area contributed by atoms with Gasteiger partial charge in [-0.3, -0.25) is 9.20 Å². The van der Waals surface area contributed by atoms with Crippen molar-refractivity contribution >= 4 is 22.6 Å². The van der Waals surface area contributed by atoms with Crippen LogP contribution in [0.2, 0.25) is 0 Å². The van der Waals surface area contributed by atoms with Crippen LogP contribution in [-0.2, 0) is 0 Å². The molecule has 1 aliphatic rings.